The molecular formula is C24H25N7O3. The molecule has 1 aromatic carbocycles. The van der Waals surface area contributed by atoms with Crippen molar-refractivity contribution in [2.45, 2.75) is 19.8 Å². The first-order valence-corrected chi connectivity index (χ1v) is 11.2. The largest absolute Gasteiger partial charge is 0.378 e. The summed E-state index contributed by atoms with van der Waals surface area (Å²) in [4.78, 5) is 43.3. The van der Waals surface area contributed by atoms with E-state index in [1.807, 2.05) is 39.8 Å². The number of hydrogen-bond donors (Lipinski definition) is 2. The summed E-state index contributed by atoms with van der Waals surface area (Å²) in [6.07, 6.45) is 3.80. The number of aryl methyl sites for hydroxylation is 1. The number of rotatable bonds is 6. The molecule has 1 amide bonds. The number of morpholine rings is 1. The monoisotopic (exact) mass is 459 g/mol. The third kappa shape index (κ3) is 4.53. The lowest BCUT2D eigenvalue weighted by Crippen LogP contribution is -2.38. The van der Waals surface area contributed by atoms with Crippen molar-refractivity contribution in [3.63, 3.8) is 0 Å². The topological polar surface area (TPSA) is 118 Å². The van der Waals surface area contributed by atoms with Crippen LogP contribution in [0.1, 0.15) is 17.7 Å². The predicted molar refractivity (Wildman–Crippen MR) is 128 cm³/mol. The number of fused-ring (bicyclic) bond motifs is 1. The number of aromatic nitrogens is 5. The second kappa shape index (κ2) is 9.44. The molecule has 0 atom stereocenters. The predicted octanol–water partition coefficient (Wildman–Crippen LogP) is 2.22. The van der Waals surface area contributed by atoms with E-state index in [4.69, 9.17) is 4.74 Å². The van der Waals surface area contributed by atoms with Crippen molar-refractivity contribution in [1.29, 1.82) is 0 Å². The number of aromatic amines is 1. The highest BCUT2D eigenvalue weighted by atomic mass is 16.5. The fraction of sp³-hybridized carbons (Fsp3) is 0.292. The molecule has 3 aromatic heterocycles. The maximum Gasteiger partial charge on any atom is 0.255 e. The van der Waals surface area contributed by atoms with E-state index in [9.17, 15) is 9.59 Å². The fourth-order valence-corrected chi connectivity index (χ4v) is 4.02. The molecule has 0 aliphatic carbocycles. The van der Waals surface area contributed by atoms with Gasteiger partial charge in [-0.1, -0.05) is 12.1 Å². The minimum absolute atomic E-state index is 0.163. The number of pyridine rings is 1. The first-order valence-electron chi connectivity index (χ1n) is 11.2. The molecule has 4 heterocycles. The van der Waals surface area contributed by atoms with E-state index in [1.54, 1.807) is 25.5 Å². The van der Waals surface area contributed by atoms with Crippen molar-refractivity contribution in [3.05, 3.63) is 70.5 Å². The number of nitrogens with one attached hydrogen (secondary N) is 2. The van der Waals surface area contributed by atoms with Crippen molar-refractivity contribution in [2.24, 2.45) is 0 Å². The van der Waals surface area contributed by atoms with Gasteiger partial charge in [-0.2, -0.15) is 0 Å². The minimum atomic E-state index is -0.208. The number of para-hydroxylation sites is 2. The third-order valence-electron chi connectivity index (χ3n) is 5.85. The Morgan fingerprint density at radius 3 is 2.74 bits per heavy atom. The number of carbonyl (C=O) groups excluding carboxylic acids is 1. The zero-order valence-corrected chi connectivity index (χ0v) is 18.8. The number of H-pyrrole nitrogens is 1. The van der Waals surface area contributed by atoms with E-state index in [0.29, 0.717) is 61.4 Å². The van der Waals surface area contributed by atoms with Gasteiger partial charge in [0.15, 0.2) is 0 Å². The van der Waals surface area contributed by atoms with Gasteiger partial charge in [0, 0.05) is 30.8 Å². The number of ether oxygens (including phenoxy) is 1. The second-order valence-electron chi connectivity index (χ2n) is 8.11. The van der Waals surface area contributed by atoms with E-state index >= 15 is 0 Å². The van der Waals surface area contributed by atoms with Gasteiger partial charge in [-0.15, -0.1) is 0 Å². The number of carbonyl (C=O) groups is 1. The second-order valence-corrected chi connectivity index (χ2v) is 8.11. The van der Waals surface area contributed by atoms with Gasteiger partial charge in [0.2, 0.25) is 11.9 Å². The Morgan fingerprint density at radius 1 is 1.15 bits per heavy atom. The highest BCUT2D eigenvalue weighted by Gasteiger charge is 2.17. The Morgan fingerprint density at radius 2 is 1.97 bits per heavy atom. The van der Waals surface area contributed by atoms with E-state index in [2.05, 4.69) is 25.3 Å². The van der Waals surface area contributed by atoms with Crippen molar-refractivity contribution in [2.75, 3.05) is 36.5 Å². The molecule has 10 nitrogen and oxygen atoms in total. The molecule has 0 bridgehead atoms. The molecule has 0 unspecified atom stereocenters. The van der Waals surface area contributed by atoms with Crippen LogP contribution in [0.4, 0.5) is 11.6 Å². The summed E-state index contributed by atoms with van der Waals surface area (Å²) in [6.45, 7) is 4.40. The Balaban J connectivity index is 1.21. The van der Waals surface area contributed by atoms with Gasteiger partial charge in [-0.3, -0.25) is 19.1 Å². The van der Waals surface area contributed by atoms with Crippen molar-refractivity contribution in [1.82, 2.24) is 24.5 Å². The average Bonchev–Trinajstić information content (AvgIpc) is 3.29. The molecule has 34 heavy (non-hydrogen) atoms. The van der Waals surface area contributed by atoms with Gasteiger partial charge in [0.1, 0.15) is 12.1 Å². The van der Waals surface area contributed by atoms with Crippen LogP contribution in [0.2, 0.25) is 0 Å². The molecule has 0 saturated carbocycles. The van der Waals surface area contributed by atoms with Crippen LogP contribution in [-0.2, 0) is 16.0 Å². The Labute approximate surface area is 195 Å². The first kappa shape index (κ1) is 21.8. The number of benzene rings is 1. The van der Waals surface area contributed by atoms with Crippen molar-refractivity contribution >= 4 is 28.6 Å². The number of amides is 1. The molecule has 4 aromatic rings. The quantitative estimate of drug-likeness (QED) is 0.454. The summed E-state index contributed by atoms with van der Waals surface area (Å²) in [7, 11) is 0. The van der Waals surface area contributed by atoms with Crippen LogP contribution in [0.15, 0.2) is 53.7 Å². The lowest BCUT2D eigenvalue weighted by Gasteiger charge is -2.27. The van der Waals surface area contributed by atoms with Gasteiger partial charge >= 0.3 is 0 Å². The summed E-state index contributed by atoms with van der Waals surface area (Å²) in [6, 6.07) is 11.4. The normalized spacial score (nSPS) is 13.9. The van der Waals surface area contributed by atoms with Crippen LogP contribution in [0.5, 0.6) is 0 Å². The molecule has 5 rings (SSSR count). The highest BCUT2D eigenvalue weighted by Crippen LogP contribution is 2.18. The number of hydrogen-bond acceptors (Lipinski definition) is 7. The van der Waals surface area contributed by atoms with Crippen molar-refractivity contribution < 1.29 is 9.53 Å². The number of nitrogens with zero attached hydrogens (tertiary/aromatic N) is 5. The Kier molecular flexibility index (Phi) is 6.05. The zero-order chi connectivity index (χ0) is 23.5. The highest BCUT2D eigenvalue weighted by molar-refractivity contribution is 5.90. The van der Waals surface area contributed by atoms with E-state index in [1.165, 1.54) is 0 Å². The molecule has 1 fully saturated rings. The van der Waals surface area contributed by atoms with Crippen LogP contribution < -0.4 is 15.8 Å². The molecule has 0 spiro atoms. The Hall–Kier alpha value is -4.05. The van der Waals surface area contributed by atoms with Crippen LogP contribution >= 0.6 is 0 Å². The van der Waals surface area contributed by atoms with Crippen LogP contribution in [0.25, 0.3) is 16.9 Å². The summed E-state index contributed by atoms with van der Waals surface area (Å²) in [5.74, 6) is 1.06. The molecule has 10 heteroatoms. The summed E-state index contributed by atoms with van der Waals surface area (Å²) >= 11 is 0. The summed E-state index contributed by atoms with van der Waals surface area (Å²) < 4.78 is 7.24. The molecule has 1 saturated heterocycles. The van der Waals surface area contributed by atoms with Gasteiger partial charge in [-0.25, -0.2) is 15.0 Å². The van der Waals surface area contributed by atoms with Gasteiger partial charge < -0.3 is 15.0 Å². The zero-order valence-electron chi connectivity index (χ0n) is 18.8. The van der Waals surface area contributed by atoms with Crippen LogP contribution in [0, 0.1) is 6.92 Å². The van der Waals surface area contributed by atoms with Gasteiger partial charge in [0.25, 0.3) is 5.56 Å². The number of imidazole rings is 1. The van der Waals surface area contributed by atoms with Crippen LogP contribution in [-0.4, -0.2) is 56.7 Å². The smallest absolute Gasteiger partial charge is 0.255 e. The SMILES string of the molecule is Cc1nc(N2CCOCC2)[nH]c(=O)c1CCC(=O)Nc1ccc(-n2cnc3ccccc32)nc1. The third-order valence-corrected chi connectivity index (χ3v) is 5.85. The number of anilines is 2. The lowest BCUT2D eigenvalue weighted by molar-refractivity contribution is -0.116. The first-order chi connectivity index (χ1) is 16.6. The standard InChI is InChI=1S/C24H25N7O3/c1-16-18(23(33)29-24(27-16)30-10-12-34-13-11-30)7-9-22(32)28-17-6-8-21(25-14-17)31-15-26-19-4-2-3-5-20(19)31/h2-6,8,14-15H,7,9-13H2,1H3,(H,28,32)(H,27,29,33). The van der Waals surface area contributed by atoms with Gasteiger partial charge in [-0.05, 0) is 37.6 Å². The molecular weight excluding hydrogens is 434 g/mol. The van der Waals surface area contributed by atoms with E-state index in [-0.39, 0.29) is 17.9 Å². The Bertz CT molecular complexity index is 1370. The maximum atomic E-state index is 12.6. The average molecular weight is 460 g/mol. The van der Waals surface area contributed by atoms with E-state index in [0.717, 1.165) is 11.0 Å². The molecule has 0 radical (unpaired) electrons. The van der Waals surface area contributed by atoms with Gasteiger partial charge in [0.05, 0.1) is 36.1 Å². The molecule has 2 N–H and O–H groups in total. The maximum absolute atomic E-state index is 12.6. The molecule has 1 aliphatic heterocycles. The van der Waals surface area contributed by atoms with Crippen LogP contribution in [0.3, 0.4) is 0 Å². The molecule has 174 valence electrons. The van der Waals surface area contributed by atoms with E-state index < -0.39 is 0 Å². The van der Waals surface area contributed by atoms with Crippen molar-refractivity contribution in [3.8, 4) is 5.82 Å². The summed E-state index contributed by atoms with van der Waals surface area (Å²) in [5, 5.41) is 2.84. The lowest BCUT2D eigenvalue weighted by atomic mass is 10.1. The fourth-order valence-electron chi connectivity index (χ4n) is 4.02. The molecule has 1 aliphatic rings. The minimum Gasteiger partial charge on any atom is -0.378 e. The summed E-state index contributed by atoms with van der Waals surface area (Å²) in [5.41, 5.74) is 3.38.